The van der Waals surface area contributed by atoms with Crippen LogP contribution >= 0.6 is 11.6 Å². The van der Waals surface area contributed by atoms with Crippen molar-refractivity contribution in [1.29, 1.82) is 0 Å². The van der Waals surface area contributed by atoms with Crippen molar-refractivity contribution in [1.82, 2.24) is 9.97 Å². The Hall–Kier alpha value is -2.21. The average Bonchev–Trinajstić information content (AvgIpc) is 2.45. The third kappa shape index (κ3) is 3.11. The SMILES string of the molecule is CCc1ccc(N(C)c2nc(Cl)nc(C)c2[N+](=O)[O-])cc1. The summed E-state index contributed by atoms with van der Waals surface area (Å²) >= 11 is 5.83. The number of nitrogens with zero attached hydrogens (tertiary/aromatic N) is 4. The van der Waals surface area contributed by atoms with Gasteiger partial charge in [0.1, 0.15) is 5.69 Å². The molecule has 7 heteroatoms. The molecule has 0 aliphatic rings. The second-order valence-electron chi connectivity index (χ2n) is 4.59. The first-order valence-corrected chi connectivity index (χ1v) is 6.83. The Bertz CT molecular complexity index is 673. The maximum Gasteiger partial charge on any atom is 0.333 e. The minimum Gasteiger partial charge on any atom is -0.324 e. The zero-order valence-electron chi connectivity index (χ0n) is 12.0. The van der Waals surface area contributed by atoms with Crippen LogP contribution in [0.3, 0.4) is 0 Å². The molecule has 2 rings (SSSR count). The highest BCUT2D eigenvalue weighted by atomic mass is 35.5. The van der Waals surface area contributed by atoms with Crippen LogP contribution in [0.25, 0.3) is 0 Å². The van der Waals surface area contributed by atoms with E-state index in [1.807, 2.05) is 24.3 Å². The predicted octanol–water partition coefficient (Wildman–Crippen LogP) is 3.68. The average molecular weight is 307 g/mol. The van der Waals surface area contributed by atoms with Crippen LogP contribution in [0.5, 0.6) is 0 Å². The zero-order valence-corrected chi connectivity index (χ0v) is 12.8. The Labute approximate surface area is 127 Å². The van der Waals surface area contributed by atoms with Gasteiger partial charge in [-0.15, -0.1) is 0 Å². The predicted molar refractivity (Wildman–Crippen MR) is 82.3 cm³/mol. The van der Waals surface area contributed by atoms with Crippen LogP contribution in [-0.2, 0) is 6.42 Å². The molecule has 0 N–H and O–H groups in total. The van der Waals surface area contributed by atoms with Crippen molar-refractivity contribution in [3.8, 4) is 0 Å². The Balaban J connectivity index is 2.51. The molecule has 1 heterocycles. The largest absolute Gasteiger partial charge is 0.333 e. The topological polar surface area (TPSA) is 72.2 Å². The fourth-order valence-corrected chi connectivity index (χ4v) is 2.25. The van der Waals surface area contributed by atoms with Crippen LogP contribution in [0.15, 0.2) is 24.3 Å². The van der Waals surface area contributed by atoms with E-state index in [1.165, 1.54) is 5.56 Å². The fourth-order valence-electron chi connectivity index (χ4n) is 2.04. The third-order valence-electron chi connectivity index (χ3n) is 3.24. The van der Waals surface area contributed by atoms with Gasteiger partial charge >= 0.3 is 5.69 Å². The van der Waals surface area contributed by atoms with Gasteiger partial charge < -0.3 is 4.90 Å². The van der Waals surface area contributed by atoms with E-state index in [-0.39, 0.29) is 22.5 Å². The second-order valence-corrected chi connectivity index (χ2v) is 4.92. The van der Waals surface area contributed by atoms with Crippen LogP contribution in [0.2, 0.25) is 5.28 Å². The van der Waals surface area contributed by atoms with Gasteiger partial charge in [-0.25, -0.2) is 4.98 Å². The summed E-state index contributed by atoms with van der Waals surface area (Å²) in [6, 6.07) is 7.75. The number of rotatable bonds is 4. The number of nitro groups is 1. The van der Waals surface area contributed by atoms with Crippen molar-refractivity contribution in [2.24, 2.45) is 0 Å². The maximum absolute atomic E-state index is 11.2. The van der Waals surface area contributed by atoms with Gasteiger partial charge in [0.05, 0.1) is 4.92 Å². The van der Waals surface area contributed by atoms with Crippen LogP contribution in [0.4, 0.5) is 17.2 Å². The standard InChI is InChI=1S/C14H15ClN4O2/c1-4-10-5-7-11(8-6-10)18(3)13-12(19(20)21)9(2)16-14(15)17-13/h5-8H,4H2,1-3H3. The van der Waals surface area contributed by atoms with E-state index in [4.69, 9.17) is 11.6 Å². The van der Waals surface area contributed by atoms with E-state index in [0.717, 1.165) is 12.1 Å². The monoisotopic (exact) mass is 306 g/mol. The van der Waals surface area contributed by atoms with E-state index in [9.17, 15) is 10.1 Å². The molecule has 0 aliphatic carbocycles. The Morgan fingerprint density at radius 2 is 1.90 bits per heavy atom. The molecule has 0 unspecified atom stereocenters. The molecule has 0 saturated carbocycles. The number of aromatic nitrogens is 2. The number of aryl methyl sites for hydroxylation is 2. The molecule has 0 atom stereocenters. The van der Waals surface area contributed by atoms with Crippen molar-refractivity contribution in [2.75, 3.05) is 11.9 Å². The van der Waals surface area contributed by atoms with Crippen molar-refractivity contribution in [3.63, 3.8) is 0 Å². The summed E-state index contributed by atoms with van der Waals surface area (Å²) in [4.78, 5) is 20.3. The van der Waals surface area contributed by atoms with E-state index >= 15 is 0 Å². The number of hydrogen-bond acceptors (Lipinski definition) is 5. The summed E-state index contributed by atoms with van der Waals surface area (Å²) < 4.78 is 0. The molecule has 110 valence electrons. The lowest BCUT2D eigenvalue weighted by molar-refractivity contribution is -0.385. The summed E-state index contributed by atoms with van der Waals surface area (Å²) in [5, 5.41) is 11.2. The van der Waals surface area contributed by atoms with Crippen LogP contribution < -0.4 is 4.90 Å². The summed E-state index contributed by atoms with van der Waals surface area (Å²) in [5.41, 5.74) is 2.09. The molecule has 0 fully saturated rings. The van der Waals surface area contributed by atoms with E-state index in [0.29, 0.717) is 0 Å². The Morgan fingerprint density at radius 3 is 2.43 bits per heavy atom. The van der Waals surface area contributed by atoms with Crippen LogP contribution in [0.1, 0.15) is 18.2 Å². The fraction of sp³-hybridized carbons (Fsp3) is 0.286. The summed E-state index contributed by atoms with van der Waals surface area (Å²) in [7, 11) is 1.71. The van der Waals surface area contributed by atoms with Crippen molar-refractivity contribution in [3.05, 3.63) is 50.9 Å². The number of hydrogen-bond donors (Lipinski definition) is 0. The van der Waals surface area contributed by atoms with Crippen molar-refractivity contribution < 1.29 is 4.92 Å². The lowest BCUT2D eigenvalue weighted by Gasteiger charge is -2.19. The van der Waals surface area contributed by atoms with E-state index < -0.39 is 4.92 Å². The summed E-state index contributed by atoms with van der Waals surface area (Å²) in [6.07, 6.45) is 0.933. The molecule has 0 spiro atoms. The molecule has 1 aromatic heterocycles. The van der Waals surface area contributed by atoms with E-state index in [2.05, 4.69) is 16.9 Å². The number of halogens is 1. The number of benzene rings is 1. The molecular formula is C14H15ClN4O2. The van der Waals surface area contributed by atoms with Crippen LogP contribution in [0, 0.1) is 17.0 Å². The molecule has 6 nitrogen and oxygen atoms in total. The molecular weight excluding hydrogens is 292 g/mol. The molecule has 1 aromatic carbocycles. The van der Waals surface area contributed by atoms with Crippen molar-refractivity contribution in [2.45, 2.75) is 20.3 Å². The quantitative estimate of drug-likeness (QED) is 0.489. The molecule has 0 amide bonds. The molecule has 0 bridgehead atoms. The lowest BCUT2D eigenvalue weighted by Crippen LogP contribution is -2.15. The van der Waals surface area contributed by atoms with Gasteiger partial charge in [-0.05, 0) is 42.6 Å². The minimum atomic E-state index is -0.488. The summed E-state index contributed by atoms with van der Waals surface area (Å²) in [5.74, 6) is 0.182. The van der Waals surface area contributed by atoms with Gasteiger partial charge in [-0.1, -0.05) is 19.1 Å². The first kappa shape index (κ1) is 15.2. The molecule has 0 aliphatic heterocycles. The first-order valence-electron chi connectivity index (χ1n) is 6.45. The molecule has 0 saturated heterocycles. The van der Waals surface area contributed by atoms with E-state index in [1.54, 1.807) is 18.9 Å². The van der Waals surface area contributed by atoms with Gasteiger partial charge in [0.2, 0.25) is 11.1 Å². The highest BCUT2D eigenvalue weighted by Gasteiger charge is 2.25. The highest BCUT2D eigenvalue weighted by Crippen LogP contribution is 2.33. The van der Waals surface area contributed by atoms with Gasteiger partial charge in [-0.2, -0.15) is 4.98 Å². The zero-order chi connectivity index (χ0) is 15.6. The minimum absolute atomic E-state index is 0.00914. The summed E-state index contributed by atoms with van der Waals surface area (Å²) in [6.45, 7) is 3.61. The van der Waals surface area contributed by atoms with Crippen molar-refractivity contribution >= 4 is 28.8 Å². The Kier molecular flexibility index (Phi) is 4.37. The lowest BCUT2D eigenvalue weighted by atomic mass is 10.1. The Morgan fingerprint density at radius 1 is 1.29 bits per heavy atom. The van der Waals surface area contributed by atoms with Gasteiger partial charge in [0.15, 0.2) is 0 Å². The maximum atomic E-state index is 11.2. The smallest absolute Gasteiger partial charge is 0.324 e. The first-order chi connectivity index (χ1) is 9.93. The molecule has 0 radical (unpaired) electrons. The van der Waals surface area contributed by atoms with Gasteiger partial charge in [0.25, 0.3) is 0 Å². The second kappa shape index (κ2) is 6.05. The normalized spacial score (nSPS) is 10.5. The van der Waals surface area contributed by atoms with Crippen LogP contribution in [-0.4, -0.2) is 21.9 Å². The van der Waals surface area contributed by atoms with Gasteiger partial charge in [-0.3, -0.25) is 10.1 Å². The molecule has 2 aromatic rings. The molecule has 21 heavy (non-hydrogen) atoms. The third-order valence-corrected chi connectivity index (χ3v) is 3.41. The highest BCUT2D eigenvalue weighted by molar-refractivity contribution is 6.28. The van der Waals surface area contributed by atoms with Gasteiger partial charge in [0, 0.05) is 12.7 Å². The number of anilines is 2.